The van der Waals surface area contributed by atoms with Crippen LogP contribution in [0.3, 0.4) is 0 Å². The van der Waals surface area contributed by atoms with Gasteiger partial charge in [-0.15, -0.1) is 0 Å². The molecule has 1 aromatic rings. The summed E-state index contributed by atoms with van der Waals surface area (Å²) < 4.78 is 5.39. The largest absolute Gasteiger partial charge is 0.496 e. The van der Waals surface area contributed by atoms with E-state index in [2.05, 4.69) is 16.7 Å². The number of hydrogen-bond acceptors (Lipinski definition) is 3. The summed E-state index contributed by atoms with van der Waals surface area (Å²) >= 11 is 0. The molecule has 0 aliphatic heterocycles. The molecule has 4 nitrogen and oxygen atoms in total. The van der Waals surface area contributed by atoms with Crippen LogP contribution < -0.4 is 15.4 Å². The zero-order chi connectivity index (χ0) is 15.1. The third-order valence-corrected chi connectivity index (χ3v) is 3.29. The van der Waals surface area contributed by atoms with Gasteiger partial charge in [-0.05, 0) is 33.3 Å². The molecule has 0 bridgehead atoms. The molecule has 2 atom stereocenters. The smallest absolute Gasteiger partial charge is 0.236 e. The van der Waals surface area contributed by atoms with E-state index in [4.69, 9.17) is 4.74 Å². The number of benzene rings is 1. The Morgan fingerprint density at radius 3 is 2.65 bits per heavy atom. The molecule has 0 aliphatic carbocycles. The van der Waals surface area contributed by atoms with E-state index in [0.29, 0.717) is 6.54 Å². The topological polar surface area (TPSA) is 50.4 Å². The maximum Gasteiger partial charge on any atom is 0.236 e. The minimum absolute atomic E-state index is 0.0327. The summed E-state index contributed by atoms with van der Waals surface area (Å²) in [5, 5.41) is 6.21. The fourth-order valence-corrected chi connectivity index (χ4v) is 2.13. The molecule has 2 unspecified atom stereocenters. The number of carbonyl (C=O) groups excluding carboxylic acids is 1. The quantitative estimate of drug-likeness (QED) is 0.806. The van der Waals surface area contributed by atoms with Gasteiger partial charge in [0.25, 0.3) is 0 Å². The van der Waals surface area contributed by atoms with E-state index in [1.165, 1.54) is 5.56 Å². The summed E-state index contributed by atoms with van der Waals surface area (Å²) in [5.41, 5.74) is 2.25. The molecular formula is C16H26N2O2. The molecule has 0 aliphatic rings. The first-order chi connectivity index (χ1) is 9.49. The molecule has 2 N–H and O–H groups in total. The molecule has 0 heterocycles. The Morgan fingerprint density at radius 1 is 1.35 bits per heavy atom. The molecule has 0 radical (unpaired) electrons. The molecule has 1 aromatic carbocycles. The number of nitrogens with one attached hydrogen (secondary N) is 2. The minimum atomic E-state index is -0.234. The third-order valence-electron chi connectivity index (χ3n) is 3.29. The number of ether oxygens (including phenoxy) is 1. The van der Waals surface area contributed by atoms with E-state index in [1.807, 2.05) is 39.8 Å². The second-order valence-electron chi connectivity index (χ2n) is 5.15. The molecule has 0 spiro atoms. The van der Waals surface area contributed by atoms with Gasteiger partial charge in [-0.3, -0.25) is 10.1 Å². The first-order valence-electron chi connectivity index (χ1n) is 7.17. The summed E-state index contributed by atoms with van der Waals surface area (Å²) in [4.78, 5) is 11.9. The summed E-state index contributed by atoms with van der Waals surface area (Å²) in [7, 11) is 1.66. The molecule has 0 aromatic heterocycles. The van der Waals surface area contributed by atoms with Crippen molar-refractivity contribution >= 4 is 5.91 Å². The van der Waals surface area contributed by atoms with Gasteiger partial charge in [-0.1, -0.05) is 24.6 Å². The molecular weight excluding hydrogens is 252 g/mol. The lowest BCUT2D eigenvalue weighted by molar-refractivity contribution is -0.122. The average Bonchev–Trinajstić information content (AvgIpc) is 2.44. The van der Waals surface area contributed by atoms with Crippen LogP contribution in [0.2, 0.25) is 0 Å². The van der Waals surface area contributed by atoms with Crippen molar-refractivity contribution in [3.05, 3.63) is 29.3 Å². The van der Waals surface area contributed by atoms with Gasteiger partial charge in [0.05, 0.1) is 13.2 Å². The van der Waals surface area contributed by atoms with Crippen LogP contribution >= 0.6 is 0 Å². The Hall–Kier alpha value is -1.55. The average molecular weight is 278 g/mol. The number of rotatable bonds is 7. The van der Waals surface area contributed by atoms with Gasteiger partial charge in [0.1, 0.15) is 5.75 Å². The number of methoxy groups -OCH3 is 1. The van der Waals surface area contributed by atoms with E-state index < -0.39 is 0 Å². The Kier molecular flexibility index (Phi) is 6.52. The van der Waals surface area contributed by atoms with Crippen LogP contribution in [0.15, 0.2) is 18.2 Å². The van der Waals surface area contributed by atoms with Crippen molar-refractivity contribution in [3.63, 3.8) is 0 Å². The SMILES string of the molecule is CCCNC(=O)C(C)NC(C)c1cc(C)ccc1OC. The van der Waals surface area contributed by atoms with Crippen LogP contribution in [0.5, 0.6) is 5.75 Å². The Morgan fingerprint density at radius 2 is 2.05 bits per heavy atom. The van der Waals surface area contributed by atoms with E-state index in [1.54, 1.807) is 7.11 Å². The van der Waals surface area contributed by atoms with Crippen molar-refractivity contribution in [2.75, 3.05) is 13.7 Å². The van der Waals surface area contributed by atoms with Gasteiger partial charge in [-0.2, -0.15) is 0 Å². The molecule has 1 rings (SSSR count). The molecule has 0 saturated heterocycles. The normalized spacial score (nSPS) is 13.7. The van der Waals surface area contributed by atoms with E-state index >= 15 is 0 Å². The standard InChI is InChI=1S/C16H26N2O2/c1-6-9-17-16(19)13(4)18-12(3)14-10-11(2)7-8-15(14)20-5/h7-8,10,12-13,18H,6,9H2,1-5H3,(H,17,19). The molecule has 20 heavy (non-hydrogen) atoms. The highest BCUT2D eigenvalue weighted by molar-refractivity contribution is 5.81. The van der Waals surface area contributed by atoms with Crippen LogP contribution in [0.1, 0.15) is 44.4 Å². The first kappa shape index (κ1) is 16.5. The minimum Gasteiger partial charge on any atom is -0.496 e. The van der Waals surface area contributed by atoms with Crippen LogP contribution in [-0.2, 0) is 4.79 Å². The predicted molar refractivity (Wildman–Crippen MR) is 82.0 cm³/mol. The highest BCUT2D eigenvalue weighted by Gasteiger charge is 2.18. The van der Waals surface area contributed by atoms with Gasteiger partial charge >= 0.3 is 0 Å². The van der Waals surface area contributed by atoms with Crippen LogP contribution in [0.4, 0.5) is 0 Å². The maximum absolute atomic E-state index is 11.9. The zero-order valence-electron chi connectivity index (χ0n) is 13.1. The van der Waals surface area contributed by atoms with Crippen molar-refractivity contribution in [1.29, 1.82) is 0 Å². The van der Waals surface area contributed by atoms with Crippen molar-refractivity contribution in [2.45, 2.75) is 46.2 Å². The number of carbonyl (C=O) groups is 1. The van der Waals surface area contributed by atoms with Gasteiger partial charge in [-0.25, -0.2) is 0 Å². The van der Waals surface area contributed by atoms with Crippen molar-refractivity contribution in [2.24, 2.45) is 0 Å². The lowest BCUT2D eigenvalue weighted by Gasteiger charge is -2.22. The zero-order valence-corrected chi connectivity index (χ0v) is 13.1. The maximum atomic E-state index is 11.9. The fraction of sp³-hybridized carbons (Fsp3) is 0.562. The lowest BCUT2D eigenvalue weighted by atomic mass is 10.0. The van der Waals surface area contributed by atoms with E-state index in [0.717, 1.165) is 17.7 Å². The molecule has 112 valence electrons. The number of hydrogen-bond donors (Lipinski definition) is 2. The Bertz CT molecular complexity index is 446. The van der Waals surface area contributed by atoms with Gasteiger partial charge < -0.3 is 10.1 Å². The van der Waals surface area contributed by atoms with Crippen molar-refractivity contribution < 1.29 is 9.53 Å². The summed E-state index contributed by atoms with van der Waals surface area (Å²) in [5.74, 6) is 0.877. The molecule has 0 fully saturated rings. The summed E-state index contributed by atoms with van der Waals surface area (Å²) in [6, 6.07) is 5.89. The second-order valence-corrected chi connectivity index (χ2v) is 5.15. The van der Waals surface area contributed by atoms with Gasteiger partial charge in [0, 0.05) is 18.2 Å². The van der Waals surface area contributed by atoms with E-state index in [9.17, 15) is 4.79 Å². The van der Waals surface area contributed by atoms with Crippen molar-refractivity contribution in [3.8, 4) is 5.75 Å². The summed E-state index contributed by atoms with van der Waals surface area (Å²) in [6.07, 6.45) is 0.944. The Balaban J connectivity index is 2.73. The first-order valence-corrected chi connectivity index (χ1v) is 7.17. The monoisotopic (exact) mass is 278 g/mol. The number of amides is 1. The summed E-state index contributed by atoms with van der Waals surface area (Å²) in [6.45, 7) is 8.73. The van der Waals surface area contributed by atoms with Gasteiger partial charge in [0.2, 0.25) is 5.91 Å². The Labute approximate surface area is 121 Å². The van der Waals surface area contributed by atoms with Crippen LogP contribution in [0.25, 0.3) is 0 Å². The molecule has 0 saturated carbocycles. The van der Waals surface area contributed by atoms with Crippen LogP contribution in [-0.4, -0.2) is 25.6 Å². The molecule has 4 heteroatoms. The number of aryl methyl sites for hydroxylation is 1. The van der Waals surface area contributed by atoms with Crippen LogP contribution in [0, 0.1) is 6.92 Å². The highest BCUT2D eigenvalue weighted by atomic mass is 16.5. The van der Waals surface area contributed by atoms with E-state index in [-0.39, 0.29) is 18.0 Å². The molecule has 1 amide bonds. The predicted octanol–water partition coefficient (Wildman–Crippen LogP) is 2.57. The van der Waals surface area contributed by atoms with Crippen molar-refractivity contribution in [1.82, 2.24) is 10.6 Å². The third kappa shape index (κ3) is 4.53. The fourth-order valence-electron chi connectivity index (χ4n) is 2.13. The lowest BCUT2D eigenvalue weighted by Crippen LogP contribution is -2.43. The van der Waals surface area contributed by atoms with Gasteiger partial charge in [0.15, 0.2) is 0 Å². The highest BCUT2D eigenvalue weighted by Crippen LogP contribution is 2.26. The second kappa shape index (κ2) is 7.90.